The summed E-state index contributed by atoms with van der Waals surface area (Å²) in [6.45, 7) is 2.49. The summed E-state index contributed by atoms with van der Waals surface area (Å²) in [5.74, 6) is 0.0753. The quantitative estimate of drug-likeness (QED) is 0.626. The maximum Gasteiger partial charge on any atom is 0.235 e. The smallest absolute Gasteiger partial charge is 0.235 e. The van der Waals surface area contributed by atoms with Crippen LogP contribution in [0.25, 0.3) is 0 Å². The van der Waals surface area contributed by atoms with Crippen molar-refractivity contribution < 1.29 is 4.79 Å². The molecule has 1 unspecified atom stereocenters. The highest BCUT2D eigenvalue weighted by atomic mass is 32.2. The molecule has 104 valence electrons. The van der Waals surface area contributed by atoms with E-state index in [0.717, 1.165) is 5.56 Å². The Morgan fingerprint density at radius 1 is 1.20 bits per heavy atom. The van der Waals surface area contributed by atoms with Gasteiger partial charge >= 0.3 is 0 Å². The van der Waals surface area contributed by atoms with Crippen LogP contribution in [-0.2, 0) is 11.3 Å². The van der Waals surface area contributed by atoms with Crippen LogP contribution in [0.1, 0.15) is 12.5 Å². The second-order valence-electron chi connectivity index (χ2n) is 4.47. The summed E-state index contributed by atoms with van der Waals surface area (Å²) in [6.07, 6.45) is 3.36. The predicted octanol–water partition coefficient (Wildman–Crippen LogP) is 2.62. The number of hydrogen-bond donors (Lipinski definition) is 0. The lowest BCUT2D eigenvalue weighted by molar-refractivity contribution is -0.129. The molecule has 0 radical (unpaired) electrons. The van der Waals surface area contributed by atoms with Crippen molar-refractivity contribution in [2.45, 2.75) is 23.9 Å². The lowest BCUT2D eigenvalue weighted by Crippen LogP contribution is -2.32. The lowest BCUT2D eigenvalue weighted by atomic mass is 10.2. The number of thioether (sulfide) groups is 1. The van der Waals surface area contributed by atoms with Crippen molar-refractivity contribution in [3.63, 3.8) is 0 Å². The summed E-state index contributed by atoms with van der Waals surface area (Å²) >= 11 is 1.38. The van der Waals surface area contributed by atoms with Crippen molar-refractivity contribution in [1.29, 1.82) is 0 Å². The van der Waals surface area contributed by atoms with Crippen LogP contribution in [0.2, 0.25) is 0 Å². The number of nitrogens with zero attached hydrogens (tertiary/aromatic N) is 3. The third-order valence-corrected chi connectivity index (χ3v) is 3.79. The number of carbonyl (C=O) groups excluding carboxylic acids is 1. The van der Waals surface area contributed by atoms with Gasteiger partial charge < -0.3 is 4.90 Å². The topological polar surface area (TPSA) is 46.1 Å². The maximum absolute atomic E-state index is 12.3. The number of carbonyl (C=O) groups is 1. The molecule has 0 bridgehead atoms. The fraction of sp³-hybridized carbons (Fsp3) is 0.267. The average Bonchev–Trinajstić information content (AvgIpc) is 2.48. The third-order valence-electron chi connectivity index (χ3n) is 2.81. The van der Waals surface area contributed by atoms with Gasteiger partial charge in [0.15, 0.2) is 5.16 Å². The van der Waals surface area contributed by atoms with Crippen molar-refractivity contribution in [1.82, 2.24) is 14.9 Å². The highest BCUT2D eigenvalue weighted by molar-refractivity contribution is 8.00. The normalized spacial score (nSPS) is 11.9. The Hall–Kier alpha value is -1.88. The average molecular weight is 287 g/mol. The molecule has 2 aromatic rings. The molecule has 1 heterocycles. The van der Waals surface area contributed by atoms with E-state index in [9.17, 15) is 4.79 Å². The van der Waals surface area contributed by atoms with Crippen LogP contribution >= 0.6 is 11.8 Å². The van der Waals surface area contributed by atoms with Gasteiger partial charge in [-0.15, -0.1) is 0 Å². The van der Waals surface area contributed by atoms with Crippen molar-refractivity contribution in [2.24, 2.45) is 0 Å². The van der Waals surface area contributed by atoms with E-state index >= 15 is 0 Å². The maximum atomic E-state index is 12.3. The first-order chi connectivity index (χ1) is 9.66. The summed E-state index contributed by atoms with van der Waals surface area (Å²) in [5.41, 5.74) is 1.12. The van der Waals surface area contributed by atoms with E-state index in [0.29, 0.717) is 11.7 Å². The van der Waals surface area contributed by atoms with Crippen molar-refractivity contribution in [3.8, 4) is 0 Å². The minimum atomic E-state index is -0.203. The molecule has 0 aliphatic heterocycles. The van der Waals surface area contributed by atoms with Crippen molar-refractivity contribution in [3.05, 3.63) is 54.4 Å². The molecule has 20 heavy (non-hydrogen) atoms. The molecule has 1 aromatic heterocycles. The molecule has 0 saturated carbocycles. The first kappa shape index (κ1) is 14.5. The van der Waals surface area contributed by atoms with Crippen LogP contribution in [0.15, 0.2) is 53.9 Å². The standard InChI is InChI=1S/C15H17N3OS/c1-12(20-15-16-9-6-10-17-15)14(19)18(2)11-13-7-4-3-5-8-13/h3-10,12H,11H2,1-2H3. The van der Waals surface area contributed by atoms with Crippen LogP contribution in [0.3, 0.4) is 0 Å². The van der Waals surface area contributed by atoms with Gasteiger partial charge in [0, 0.05) is 26.0 Å². The molecule has 0 aliphatic carbocycles. The van der Waals surface area contributed by atoms with E-state index in [2.05, 4.69) is 9.97 Å². The molecule has 0 aliphatic rings. The van der Waals surface area contributed by atoms with E-state index in [-0.39, 0.29) is 11.2 Å². The summed E-state index contributed by atoms with van der Waals surface area (Å²) < 4.78 is 0. The van der Waals surface area contributed by atoms with Gasteiger partial charge in [-0.05, 0) is 18.6 Å². The van der Waals surface area contributed by atoms with Crippen molar-refractivity contribution in [2.75, 3.05) is 7.05 Å². The zero-order valence-corrected chi connectivity index (χ0v) is 12.4. The van der Waals surface area contributed by atoms with Crippen molar-refractivity contribution >= 4 is 17.7 Å². The Kier molecular flexibility index (Phi) is 5.12. The van der Waals surface area contributed by atoms with Gasteiger partial charge in [0.2, 0.25) is 5.91 Å². The Morgan fingerprint density at radius 3 is 2.50 bits per heavy atom. The molecule has 0 fully saturated rings. The predicted molar refractivity (Wildman–Crippen MR) is 80.3 cm³/mol. The Balaban J connectivity index is 1.93. The fourth-order valence-electron chi connectivity index (χ4n) is 1.80. The molecule has 0 spiro atoms. The SMILES string of the molecule is CC(Sc1ncccn1)C(=O)N(C)Cc1ccccc1. The van der Waals surface area contributed by atoms with Crippen LogP contribution in [-0.4, -0.2) is 33.1 Å². The molecule has 4 nitrogen and oxygen atoms in total. The molecule has 1 aromatic carbocycles. The summed E-state index contributed by atoms with van der Waals surface area (Å²) in [5, 5.41) is 0.424. The zero-order valence-electron chi connectivity index (χ0n) is 11.6. The molecular formula is C15H17N3OS. The third kappa shape index (κ3) is 4.06. The second kappa shape index (κ2) is 7.05. The largest absolute Gasteiger partial charge is 0.340 e. The highest BCUT2D eigenvalue weighted by Gasteiger charge is 2.19. The van der Waals surface area contributed by atoms with Gasteiger partial charge in [0.25, 0.3) is 0 Å². The van der Waals surface area contributed by atoms with Crippen LogP contribution in [0.5, 0.6) is 0 Å². The number of hydrogen-bond acceptors (Lipinski definition) is 4. The van der Waals surface area contributed by atoms with Gasteiger partial charge in [-0.2, -0.15) is 0 Å². The summed E-state index contributed by atoms with van der Waals surface area (Å²) in [4.78, 5) is 22.3. The van der Waals surface area contributed by atoms with E-state index in [1.165, 1.54) is 11.8 Å². The minimum Gasteiger partial charge on any atom is -0.340 e. The first-order valence-corrected chi connectivity index (χ1v) is 7.27. The summed E-state index contributed by atoms with van der Waals surface area (Å²) in [6, 6.07) is 11.7. The first-order valence-electron chi connectivity index (χ1n) is 6.39. The van der Waals surface area contributed by atoms with Crippen LogP contribution in [0, 0.1) is 0 Å². The molecule has 5 heteroatoms. The van der Waals surface area contributed by atoms with Gasteiger partial charge in [-0.3, -0.25) is 4.79 Å². The summed E-state index contributed by atoms with van der Waals surface area (Å²) in [7, 11) is 1.82. The Labute approximate surface area is 123 Å². The minimum absolute atomic E-state index is 0.0753. The number of amides is 1. The van der Waals surface area contributed by atoms with Gasteiger partial charge in [-0.1, -0.05) is 42.1 Å². The monoisotopic (exact) mass is 287 g/mol. The second-order valence-corrected chi connectivity index (χ2v) is 5.78. The fourth-order valence-corrected chi connectivity index (χ4v) is 2.64. The Morgan fingerprint density at radius 2 is 1.85 bits per heavy atom. The molecule has 2 rings (SSSR count). The van der Waals surface area contributed by atoms with E-state index in [1.54, 1.807) is 23.4 Å². The molecule has 1 atom stereocenters. The molecular weight excluding hydrogens is 270 g/mol. The van der Waals surface area contributed by atoms with Gasteiger partial charge in [-0.25, -0.2) is 9.97 Å². The highest BCUT2D eigenvalue weighted by Crippen LogP contribution is 2.20. The van der Waals surface area contributed by atoms with Gasteiger partial charge in [0.1, 0.15) is 0 Å². The van der Waals surface area contributed by atoms with E-state index in [1.807, 2.05) is 44.3 Å². The number of benzene rings is 1. The zero-order chi connectivity index (χ0) is 14.4. The van der Waals surface area contributed by atoms with Crippen LogP contribution < -0.4 is 0 Å². The van der Waals surface area contributed by atoms with Gasteiger partial charge in [0.05, 0.1) is 5.25 Å². The molecule has 0 N–H and O–H groups in total. The molecule has 1 amide bonds. The van der Waals surface area contributed by atoms with E-state index < -0.39 is 0 Å². The number of aromatic nitrogens is 2. The van der Waals surface area contributed by atoms with Crippen LogP contribution in [0.4, 0.5) is 0 Å². The van der Waals surface area contributed by atoms with E-state index in [4.69, 9.17) is 0 Å². The lowest BCUT2D eigenvalue weighted by Gasteiger charge is -2.20. The Bertz CT molecular complexity index is 498. The number of rotatable bonds is 5. The molecule has 0 saturated heterocycles.